The van der Waals surface area contributed by atoms with E-state index in [0.29, 0.717) is 12.4 Å². The number of fused-ring (bicyclic) bond motifs is 1. The highest BCUT2D eigenvalue weighted by Gasteiger charge is 2.15. The van der Waals surface area contributed by atoms with Crippen LogP contribution in [0.5, 0.6) is 0 Å². The number of hydrogen-bond donors (Lipinski definition) is 1. The number of hydrogen-bond acceptors (Lipinski definition) is 6. The zero-order valence-corrected chi connectivity index (χ0v) is 11.9. The zero-order chi connectivity index (χ0) is 16.2. The summed E-state index contributed by atoms with van der Waals surface area (Å²) in [5, 5.41) is 23.9. The largest absolute Gasteiger partial charge is 0.366 e. The highest BCUT2D eigenvalue weighted by molar-refractivity contribution is 5.81. The lowest BCUT2D eigenvalue weighted by Crippen LogP contribution is -2.04. The Kier molecular flexibility index (Phi) is 3.80. The van der Waals surface area contributed by atoms with Crippen molar-refractivity contribution in [1.29, 1.82) is 5.26 Å². The second-order valence-corrected chi connectivity index (χ2v) is 4.78. The fourth-order valence-electron chi connectivity index (χ4n) is 2.28. The Morgan fingerprint density at radius 1 is 1.22 bits per heavy atom. The predicted octanol–water partition coefficient (Wildman–Crippen LogP) is 3.02. The van der Waals surface area contributed by atoms with Crippen molar-refractivity contribution in [2.45, 2.75) is 6.54 Å². The summed E-state index contributed by atoms with van der Waals surface area (Å²) in [5.41, 5.74) is 1.34. The number of nitriles is 1. The van der Waals surface area contributed by atoms with E-state index in [2.05, 4.69) is 15.3 Å². The smallest absolute Gasteiger partial charge is 0.305 e. The van der Waals surface area contributed by atoms with Crippen molar-refractivity contribution in [3.05, 3.63) is 70.0 Å². The van der Waals surface area contributed by atoms with Gasteiger partial charge >= 0.3 is 5.69 Å². The zero-order valence-electron chi connectivity index (χ0n) is 11.9. The molecule has 0 aliphatic carbocycles. The summed E-state index contributed by atoms with van der Waals surface area (Å²) in [6.45, 7) is 0.448. The van der Waals surface area contributed by atoms with Crippen LogP contribution in [-0.2, 0) is 6.54 Å². The normalized spacial score (nSPS) is 10.2. The molecule has 0 atom stereocenters. The van der Waals surface area contributed by atoms with Crippen LogP contribution in [0.3, 0.4) is 0 Å². The fraction of sp³-hybridized carbons (Fsp3) is 0.0625. The molecule has 2 aromatic heterocycles. The van der Waals surface area contributed by atoms with Crippen molar-refractivity contribution in [1.82, 2.24) is 9.97 Å². The van der Waals surface area contributed by atoms with Gasteiger partial charge in [-0.25, -0.2) is 4.98 Å². The van der Waals surface area contributed by atoms with Crippen LogP contribution in [0.4, 0.5) is 11.5 Å². The topological polar surface area (TPSA) is 105 Å². The number of aromatic nitrogens is 2. The van der Waals surface area contributed by atoms with E-state index >= 15 is 0 Å². The second kappa shape index (κ2) is 6.07. The quantitative estimate of drug-likeness (QED) is 0.586. The Balaban J connectivity index is 1.86. The Labute approximate surface area is 131 Å². The lowest BCUT2D eigenvalue weighted by Gasteiger charge is -2.08. The first-order valence-corrected chi connectivity index (χ1v) is 6.81. The van der Waals surface area contributed by atoms with Gasteiger partial charge in [-0.1, -0.05) is 24.3 Å². The molecule has 7 nitrogen and oxygen atoms in total. The predicted molar refractivity (Wildman–Crippen MR) is 84.7 cm³/mol. The lowest BCUT2D eigenvalue weighted by molar-refractivity contribution is -0.385. The molecule has 0 bridgehead atoms. The van der Waals surface area contributed by atoms with E-state index in [1.165, 1.54) is 12.1 Å². The van der Waals surface area contributed by atoms with Gasteiger partial charge in [0.15, 0.2) is 0 Å². The molecule has 7 heteroatoms. The number of pyridine rings is 2. The molecule has 0 radical (unpaired) electrons. The monoisotopic (exact) mass is 305 g/mol. The molecule has 3 rings (SSSR count). The van der Waals surface area contributed by atoms with E-state index < -0.39 is 4.92 Å². The molecule has 0 unspecified atom stereocenters. The minimum absolute atomic E-state index is 0.212. The van der Waals surface area contributed by atoms with Crippen molar-refractivity contribution in [3.63, 3.8) is 0 Å². The summed E-state index contributed by atoms with van der Waals surface area (Å²) in [7, 11) is 0. The third-order valence-electron chi connectivity index (χ3n) is 3.35. The van der Waals surface area contributed by atoms with Gasteiger partial charge in [-0.2, -0.15) is 5.26 Å². The number of anilines is 1. The summed E-state index contributed by atoms with van der Waals surface area (Å²) >= 11 is 0. The number of nitro groups is 1. The van der Waals surface area contributed by atoms with Gasteiger partial charge in [-0.3, -0.25) is 15.1 Å². The van der Waals surface area contributed by atoms with Gasteiger partial charge in [0.05, 0.1) is 10.4 Å². The van der Waals surface area contributed by atoms with Crippen LogP contribution in [0, 0.1) is 21.4 Å². The van der Waals surface area contributed by atoms with Gasteiger partial charge in [0.2, 0.25) is 5.69 Å². The summed E-state index contributed by atoms with van der Waals surface area (Å²) in [6.07, 6.45) is 1.73. The maximum atomic E-state index is 10.8. The van der Waals surface area contributed by atoms with Crippen LogP contribution in [0.15, 0.2) is 48.7 Å². The molecular weight excluding hydrogens is 294 g/mol. The Bertz CT molecular complexity index is 928. The molecule has 0 saturated heterocycles. The van der Waals surface area contributed by atoms with Crippen LogP contribution >= 0.6 is 0 Å². The SMILES string of the molecule is N#Cc1nc(NCc2cccc3cccnc23)ccc1[N+](=O)[O-]. The molecule has 1 aromatic carbocycles. The number of benzene rings is 1. The molecule has 1 N–H and O–H groups in total. The first kappa shape index (κ1) is 14.4. The summed E-state index contributed by atoms with van der Waals surface area (Å²) in [4.78, 5) is 18.5. The summed E-state index contributed by atoms with van der Waals surface area (Å²) in [5.74, 6) is 0.403. The molecule has 0 aliphatic rings. The molecule has 2 heterocycles. The first-order chi connectivity index (χ1) is 11.2. The molecule has 0 spiro atoms. The van der Waals surface area contributed by atoms with E-state index in [1.807, 2.05) is 30.3 Å². The van der Waals surface area contributed by atoms with Crippen LogP contribution in [0.2, 0.25) is 0 Å². The van der Waals surface area contributed by atoms with Crippen LogP contribution in [0.25, 0.3) is 10.9 Å². The van der Waals surface area contributed by atoms with Gasteiger partial charge in [0, 0.05) is 24.2 Å². The molecule has 23 heavy (non-hydrogen) atoms. The molecule has 3 aromatic rings. The summed E-state index contributed by atoms with van der Waals surface area (Å²) in [6, 6.07) is 14.2. The van der Waals surface area contributed by atoms with Gasteiger partial charge in [0.25, 0.3) is 0 Å². The average Bonchev–Trinajstić information content (AvgIpc) is 2.59. The van der Waals surface area contributed by atoms with Crippen LogP contribution in [-0.4, -0.2) is 14.9 Å². The lowest BCUT2D eigenvalue weighted by atomic mass is 10.1. The first-order valence-electron chi connectivity index (χ1n) is 6.81. The van der Waals surface area contributed by atoms with E-state index in [1.54, 1.807) is 12.3 Å². The minimum Gasteiger partial charge on any atom is -0.366 e. The third-order valence-corrected chi connectivity index (χ3v) is 3.35. The second-order valence-electron chi connectivity index (χ2n) is 4.78. The van der Waals surface area contributed by atoms with Crippen molar-refractivity contribution in [2.24, 2.45) is 0 Å². The van der Waals surface area contributed by atoms with E-state index in [0.717, 1.165) is 16.5 Å². The Morgan fingerprint density at radius 3 is 2.83 bits per heavy atom. The van der Waals surface area contributed by atoms with Crippen molar-refractivity contribution in [3.8, 4) is 6.07 Å². The van der Waals surface area contributed by atoms with Crippen molar-refractivity contribution in [2.75, 3.05) is 5.32 Å². The minimum atomic E-state index is -0.621. The van der Waals surface area contributed by atoms with Crippen LogP contribution in [0.1, 0.15) is 11.3 Å². The molecule has 0 fully saturated rings. The molecule has 112 valence electrons. The highest BCUT2D eigenvalue weighted by atomic mass is 16.6. The van der Waals surface area contributed by atoms with Crippen molar-refractivity contribution < 1.29 is 4.92 Å². The average molecular weight is 305 g/mol. The van der Waals surface area contributed by atoms with Gasteiger partial charge in [0.1, 0.15) is 11.9 Å². The van der Waals surface area contributed by atoms with E-state index in [-0.39, 0.29) is 11.4 Å². The number of para-hydroxylation sites is 1. The van der Waals surface area contributed by atoms with Gasteiger partial charge in [-0.15, -0.1) is 0 Å². The Morgan fingerprint density at radius 2 is 2.04 bits per heavy atom. The van der Waals surface area contributed by atoms with E-state index in [4.69, 9.17) is 5.26 Å². The maximum absolute atomic E-state index is 10.8. The molecule has 0 aliphatic heterocycles. The number of nitrogens with zero attached hydrogens (tertiary/aromatic N) is 4. The van der Waals surface area contributed by atoms with Crippen molar-refractivity contribution >= 4 is 22.4 Å². The van der Waals surface area contributed by atoms with E-state index in [9.17, 15) is 10.1 Å². The van der Waals surface area contributed by atoms with Crippen LogP contribution < -0.4 is 5.32 Å². The standard InChI is InChI=1S/C16H11N5O2/c17-9-13-14(21(22)23)6-7-15(20-13)19-10-12-4-1-3-11-5-2-8-18-16(11)12/h1-8H,10H2,(H,19,20). The Hall–Kier alpha value is -3.53. The molecule has 0 amide bonds. The maximum Gasteiger partial charge on any atom is 0.305 e. The molecular formula is C16H11N5O2. The fourth-order valence-corrected chi connectivity index (χ4v) is 2.28. The number of rotatable bonds is 4. The third kappa shape index (κ3) is 2.91. The molecule has 0 saturated carbocycles. The number of nitrogens with one attached hydrogen (secondary N) is 1. The summed E-state index contributed by atoms with van der Waals surface area (Å²) < 4.78 is 0. The van der Waals surface area contributed by atoms with Gasteiger partial charge < -0.3 is 5.32 Å². The highest BCUT2D eigenvalue weighted by Crippen LogP contribution is 2.20. The van der Waals surface area contributed by atoms with Gasteiger partial charge in [-0.05, 0) is 17.7 Å².